The molecule has 0 spiro atoms. The predicted octanol–water partition coefficient (Wildman–Crippen LogP) is 3.88. The largest absolute Gasteiger partial charge is 0.497 e. The second kappa shape index (κ2) is 6.20. The van der Waals surface area contributed by atoms with Gasteiger partial charge in [-0.25, -0.2) is 0 Å². The van der Waals surface area contributed by atoms with Crippen LogP contribution in [0.4, 0.5) is 0 Å². The fourth-order valence-corrected chi connectivity index (χ4v) is 2.02. The molecule has 18 heavy (non-hydrogen) atoms. The van der Waals surface area contributed by atoms with Crippen molar-refractivity contribution in [2.45, 2.75) is 20.3 Å². The molecular weight excluding hydrogens is 224 g/mol. The number of benzene rings is 1. The van der Waals surface area contributed by atoms with Crippen LogP contribution < -0.4 is 4.74 Å². The summed E-state index contributed by atoms with van der Waals surface area (Å²) in [6.45, 7) is 7.98. The zero-order chi connectivity index (χ0) is 13.6. The molecule has 0 aliphatic heterocycles. The molecule has 0 saturated heterocycles. The number of carbonyl (C=O) groups excluding carboxylic acids is 1. The Kier molecular flexibility index (Phi) is 4.90. The quantitative estimate of drug-likeness (QED) is 0.431. The molecule has 0 unspecified atom stereocenters. The molecule has 0 aliphatic rings. The normalized spacial score (nSPS) is 12.1. The standard InChI is InChI=1S/C16H20O2/c1-5-11-16(2,3)15(10-12-17)13-6-8-14(18-4)9-7-13/h5-10,12H,1,11H2,2-4H3/b15-10+. The van der Waals surface area contributed by atoms with Gasteiger partial charge in [0.15, 0.2) is 0 Å². The molecule has 1 rings (SSSR count). The average molecular weight is 244 g/mol. The SMILES string of the molecule is C=CCC(C)(C)/C(=C/C=O)c1ccc(OC)cc1. The van der Waals surface area contributed by atoms with Gasteiger partial charge in [-0.3, -0.25) is 4.79 Å². The summed E-state index contributed by atoms with van der Waals surface area (Å²) in [5, 5.41) is 0. The zero-order valence-corrected chi connectivity index (χ0v) is 11.3. The van der Waals surface area contributed by atoms with Crippen molar-refractivity contribution in [3.63, 3.8) is 0 Å². The Morgan fingerprint density at radius 3 is 2.39 bits per heavy atom. The molecule has 0 amide bonds. The highest BCUT2D eigenvalue weighted by Crippen LogP contribution is 2.37. The molecule has 1 aromatic rings. The van der Waals surface area contributed by atoms with Crippen molar-refractivity contribution in [2.24, 2.45) is 5.41 Å². The molecular formula is C16H20O2. The summed E-state index contributed by atoms with van der Waals surface area (Å²) in [6.07, 6.45) is 5.16. The first-order valence-corrected chi connectivity index (χ1v) is 5.96. The molecule has 0 fully saturated rings. The van der Waals surface area contributed by atoms with Gasteiger partial charge in [-0.1, -0.05) is 32.1 Å². The van der Waals surface area contributed by atoms with Crippen molar-refractivity contribution in [2.75, 3.05) is 7.11 Å². The van der Waals surface area contributed by atoms with Crippen molar-refractivity contribution in [1.29, 1.82) is 0 Å². The van der Waals surface area contributed by atoms with E-state index in [1.807, 2.05) is 30.3 Å². The molecule has 0 bridgehead atoms. The number of ether oxygens (including phenoxy) is 1. The van der Waals surface area contributed by atoms with E-state index in [-0.39, 0.29) is 5.41 Å². The lowest BCUT2D eigenvalue weighted by Gasteiger charge is -2.27. The van der Waals surface area contributed by atoms with Crippen LogP contribution in [0.1, 0.15) is 25.8 Å². The molecule has 2 nitrogen and oxygen atoms in total. The highest BCUT2D eigenvalue weighted by molar-refractivity contribution is 5.83. The Morgan fingerprint density at radius 1 is 1.33 bits per heavy atom. The van der Waals surface area contributed by atoms with Crippen LogP contribution >= 0.6 is 0 Å². The van der Waals surface area contributed by atoms with Crippen LogP contribution in [0.2, 0.25) is 0 Å². The Hall–Kier alpha value is -1.83. The van der Waals surface area contributed by atoms with Gasteiger partial charge in [-0.05, 0) is 41.2 Å². The van der Waals surface area contributed by atoms with E-state index < -0.39 is 0 Å². The topological polar surface area (TPSA) is 26.3 Å². The van der Waals surface area contributed by atoms with Gasteiger partial charge in [-0.2, -0.15) is 0 Å². The summed E-state index contributed by atoms with van der Waals surface area (Å²) in [6, 6.07) is 7.74. The number of carbonyl (C=O) groups is 1. The van der Waals surface area contributed by atoms with Gasteiger partial charge in [0.05, 0.1) is 7.11 Å². The van der Waals surface area contributed by atoms with Gasteiger partial charge in [0.25, 0.3) is 0 Å². The van der Waals surface area contributed by atoms with Gasteiger partial charge in [0.1, 0.15) is 12.0 Å². The third kappa shape index (κ3) is 3.33. The Morgan fingerprint density at radius 2 is 1.94 bits per heavy atom. The van der Waals surface area contributed by atoms with Gasteiger partial charge < -0.3 is 4.74 Å². The summed E-state index contributed by atoms with van der Waals surface area (Å²) in [5.41, 5.74) is 1.94. The minimum Gasteiger partial charge on any atom is -0.497 e. The number of methoxy groups -OCH3 is 1. The smallest absolute Gasteiger partial charge is 0.143 e. The van der Waals surface area contributed by atoms with Crippen molar-refractivity contribution >= 4 is 11.9 Å². The lowest BCUT2D eigenvalue weighted by molar-refractivity contribution is -0.104. The molecule has 0 aliphatic carbocycles. The number of rotatable bonds is 6. The van der Waals surface area contributed by atoms with Crippen molar-refractivity contribution < 1.29 is 9.53 Å². The molecule has 0 aromatic heterocycles. The van der Waals surface area contributed by atoms with Crippen molar-refractivity contribution in [3.05, 3.63) is 48.6 Å². The van der Waals surface area contributed by atoms with Crippen molar-refractivity contribution in [1.82, 2.24) is 0 Å². The molecule has 0 heterocycles. The molecule has 0 radical (unpaired) electrons. The lowest BCUT2D eigenvalue weighted by Crippen LogP contribution is -2.13. The van der Waals surface area contributed by atoms with Crippen LogP contribution in [0.25, 0.3) is 5.57 Å². The first-order valence-electron chi connectivity index (χ1n) is 5.96. The number of hydrogen-bond donors (Lipinski definition) is 0. The van der Waals surface area contributed by atoms with E-state index in [1.165, 1.54) is 0 Å². The minimum atomic E-state index is -0.114. The van der Waals surface area contributed by atoms with Crippen LogP contribution in [0, 0.1) is 5.41 Å². The van der Waals surface area contributed by atoms with Crippen LogP contribution in [0.15, 0.2) is 43.0 Å². The van der Waals surface area contributed by atoms with Gasteiger partial charge in [0.2, 0.25) is 0 Å². The Labute approximate surface area is 109 Å². The number of allylic oxidation sites excluding steroid dienone is 3. The maximum atomic E-state index is 10.8. The maximum Gasteiger partial charge on any atom is 0.143 e. The Bertz CT molecular complexity index is 439. The molecule has 0 saturated carbocycles. The summed E-state index contributed by atoms with van der Waals surface area (Å²) in [7, 11) is 1.64. The van der Waals surface area contributed by atoms with Crippen LogP contribution in [0.3, 0.4) is 0 Å². The third-order valence-electron chi connectivity index (χ3n) is 3.02. The van der Waals surface area contributed by atoms with E-state index in [9.17, 15) is 4.79 Å². The molecule has 96 valence electrons. The fourth-order valence-electron chi connectivity index (χ4n) is 2.02. The van der Waals surface area contributed by atoms with Crippen LogP contribution in [-0.4, -0.2) is 13.4 Å². The minimum absolute atomic E-state index is 0.114. The van der Waals surface area contributed by atoms with E-state index in [4.69, 9.17) is 4.74 Å². The first-order chi connectivity index (χ1) is 8.55. The van der Waals surface area contributed by atoms with Gasteiger partial charge in [0, 0.05) is 0 Å². The third-order valence-corrected chi connectivity index (χ3v) is 3.02. The van der Waals surface area contributed by atoms with E-state index in [2.05, 4.69) is 20.4 Å². The average Bonchev–Trinajstić information content (AvgIpc) is 2.36. The fraction of sp³-hybridized carbons (Fsp3) is 0.312. The van der Waals surface area contributed by atoms with E-state index in [1.54, 1.807) is 13.2 Å². The first kappa shape index (κ1) is 14.2. The summed E-state index contributed by atoms with van der Waals surface area (Å²) < 4.78 is 5.14. The maximum absolute atomic E-state index is 10.8. The monoisotopic (exact) mass is 244 g/mol. The van der Waals surface area contributed by atoms with Crippen LogP contribution in [0.5, 0.6) is 5.75 Å². The highest BCUT2D eigenvalue weighted by atomic mass is 16.5. The molecule has 0 N–H and O–H groups in total. The highest BCUT2D eigenvalue weighted by Gasteiger charge is 2.22. The molecule has 2 heteroatoms. The van der Waals surface area contributed by atoms with E-state index in [0.29, 0.717) is 0 Å². The molecule has 1 aromatic carbocycles. The summed E-state index contributed by atoms with van der Waals surface area (Å²) in [4.78, 5) is 10.8. The zero-order valence-electron chi connectivity index (χ0n) is 11.3. The second-order valence-electron chi connectivity index (χ2n) is 4.82. The second-order valence-corrected chi connectivity index (χ2v) is 4.82. The van der Waals surface area contributed by atoms with Gasteiger partial charge >= 0.3 is 0 Å². The molecule has 0 atom stereocenters. The number of hydrogen-bond acceptors (Lipinski definition) is 2. The van der Waals surface area contributed by atoms with Crippen LogP contribution in [-0.2, 0) is 4.79 Å². The van der Waals surface area contributed by atoms with Gasteiger partial charge in [-0.15, -0.1) is 6.58 Å². The van der Waals surface area contributed by atoms with Crippen molar-refractivity contribution in [3.8, 4) is 5.75 Å². The number of aldehydes is 1. The van der Waals surface area contributed by atoms with E-state index >= 15 is 0 Å². The predicted molar refractivity (Wildman–Crippen MR) is 75.6 cm³/mol. The Balaban J connectivity index is 3.16. The summed E-state index contributed by atoms with van der Waals surface area (Å²) >= 11 is 0. The summed E-state index contributed by atoms with van der Waals surface area (Å²) in [5.74, 6) is 0.811. The lowest BCUT2D eigenvalue weighted by atomic mass is 9.77. The van der Waals surface area contributed by atoms with E-state index in [0.717, 1.165) is 29.6 Å².